The molecule has 0 aliphatic rings. The molecule has 0 bridgehead atoms. The highest BCUT2D eigenvalue weighted by molar-refractivity contribution is 14.0. The van der Waals surface area contributed by atoms with Crippen molar-refractivity contribution in [3.8, 4) is 11.5 Å². The Labute approximate surface area is 159 Å². The number of hydrogen-bond acceptors (Lipinski definition) is 4. The number of para-hydroxylation sites is 1. The minimum Gasteiger partial charge on any atom is -0.504 e. The fraction of sp³-hybridized carbons (Fsp3) is 0.353. The zero-order chi connectivity index (χ0) is 16.5. The molecule has 7 heteroatoms. The monoisotopic (exact) mass is 445 g/mol. The second-order valence-corrected chi connectivity index (χ2v) is 4.92. The van der Waals surface area contributed by atoms with E-state index in [1.165, 1.54) is 7.11 Å². The number of methoxy groups -OCH3 is 1. The molecule has 0 fully saturated rings. The van der Waals surface area contributed by atoms with Gasteiger partial charge in [0.2, 0.25) is 0 Å². The number of rotatable bonds is 7. The number of furan rings is 1. The van der Waals surface area contributed by atoms with Crippen LogP contribution < -0.4 is 15.4 Å². The van der Waals surface area contributed by atoms with Gasteiger partial charge in [-0.1, -0.05) is 12.1 Å². The summed E-state index contributed by atoms with van der Waals surface area (Å²) >= 11 is 0. The zero-order valence-corrected chi connectivity index (χ0v) is 16.2. The van der Waals surface area contributed by atoms with Crippen LogP contribution in [0.1, 0.15) is 18.2 Å². The van der Waals surface area contributed by atoms with Gasteiger partial charge < -0.3 is 24.9 Å². The van der Waals surface area contributed by atoms with E-state index in [4.69, 9.17) is 9.15 Å². The van der Waals surface area contributed by atoms with E-state index in [0.717, 1.165) is 18.7 Å². The van der Waals surface area contributed by atoms with Crippen molar-refractivity contribution in [2.45, 2.75) is 19.9 Å². The number of aliphatic imine (C=N–C) groups is 1. The molecule has 0 aliphatic carbocycles. The zero-order valence-electron chi connectivity index (χ0n) is 13.9. The molecule has 1 heterocycles. The van der Waals surface area contributed by atoms with E-state index in [-0.39, 0.29) is 29.7 Å². The van der Waals surface area contributed by atoms with Crippen molar-refractivity contribution >= 4 is 29.9 Å². The Bertz CT molecular complexity index is 630. The average Bonchev–Trinajstić information content (AvgIpc) is 3.07. The highest BCUT2D eigenvalue weighted by Gasteiger charge is 2.07. The van der Waals surface area contributed by atoms with Gasteiger partial charge in [0.05, 0.1) is 19.9 Å². The second-order valence-electron chi connectivity index (χ2n) is 4.92. The minimum absolute atomic E-state index is 0. The topological polar surface area (TPSA) is 79.0 Å². The number of hydrogen-bond donors (Lipinski definition) is 3. The normalized spacial score (nSPS) is 10.8. The number of aromatic hydroxyl groups is 1. The standard InChI is InChI=1S/C17H23N3O3.HI/c1-3-18-17(19-10-9-14-7-5-11-23-14)20-12-13-6-4-8-15(22-2)16(13)21;/h4-8,11,21H,3,9-10,12H2,1-2H3,(H2,18,19,20);1H. The third kappa shape index (κ3) is 5.95. The predicted molar refractivity (Wildman–Crippen MR) is 105 cm³/mol. The summed E-state index contributed by atoms with van der Waals surface area (Å²) < 4.78 is 10.4. The predicted octanol–water partition coefficient (Wildman–Crippen LogP) is 2.91. The van der Waals surface area contributed by atoms with Crippen LogP contribution in [0.25, 0.3) is 0 Å². The fourth-order valence-corrected chi connectivity index (χ4v) is 2.12. The van der Waals surface area contributed by atoms with Gasteiger partial charge in [-0.3, -0.25) is 0 Å². The summed E-state index contributed by atoms with van der Waals surface area (Å²) in [6, 6.07) is 9.20. The van der Waals surface area contributed by atoms with Crippen LogP contribution in [0.4, 0.5) is 0 Å². The molecule has 1 aromatic heterocycles. The largest absolute Gasteiger partial charge is 0.504 e. The highest BCUT2D eigenvalue weighted by Crippen LogP contribution is 2.29. The van der Waals surface area contributed by atoms with Gasteiger partial charge in [0.1, 0.15) is 5.76 Å². The van der Waals surface area contributed by atoms with E-state index in [9.17, 15) is 5.11 Å². The number of phenolic OH excluding ortho intramolecular Hbond substituents is 1. The molecule has 2 aromatic rings. The molecule has 0 saturated heterocycles. The maximum atomic E-state index is 10.1. The third-order valence-corrected chi connectivity index (χ3v) is 3.30. The van der Waals surface area contributed by atoms with Crippen molar-refractivity contribution in [1.29, 1.82) is 0 Å². The van der Waals surface area contributed by atoms with E-state index in [1.807, 2.05) is 31.2 Å². The van der Waals surface area contributed by atoms with Crippen LogP contribution in [0.5, 0.6) is 11.5 Å². The summed E-state index contributed by atoms with van der Waals surface area (Å²) in [5, 5.41) is 16.5. The first-order valence-electron chi connectivity index (χ1n) is 7.64. The van der Waals surface area contributed by atoms with Crippen LogP contribution in [0.3, 0.4) is 0 Å². The lowest BCUT2D eigenvalue weighted by atomic mass is 10.2. The first-order valence-corrected chi connectivity index (χ1v) is 7.64. The van der Waals surface area contributed by atoms with E-state index in [2.05, 4.69) is 15.6 Å². The maximum Gasteiger partial charge on any atom is 0.191 e. The molecule has 132 valence electrons. The summed E-state index contributed by atoms with van der Waals surface area (Å²) in [5.74, 6) is 2.21. The molecular formula is C17H24IN3O3. The molecule has 0 radical (unpaired) electrons. The molecule has 3 N–H and O–H groups in total. The molecule has 0 amide bonds. The average molecular weight is 445 g/mol. The van der Waals surface area contributed by atoms with Crippen molar-refractivity contribution in [2.75, 3.05) is 20.2 Å². The van der Waals surface area contributed by atoms with E-state index in [0.29, 0.717) is 30.4 Å². The van der Waals surface area contributed by atoms with E-state index >= 15 is 0 Å². The summed E-state index contributed by atoms with van der Waals surface area (Å²) in [4.78, 5) is 4.49. The second kappa shape index (κ2) is 10.8. The van der Waals surface area contributed by atoms with Gasteiger partial charge in [0.25, 0.3) is 0 Å². The lowest BCUT2D eigenvalue weighted by Gasteiger charge is -2.11. The number of halogens is 1. The molecule has 0 aliphatic heterocycles. The Morgan fingerprint density at radius 3 is 2.75 bits per heavy atom. The highest BCUT2D eigenvalue weighted by atomic mass is 127. The van der Waals surface area contributed by atoms with Crippen LogP contribution in [0, 0.1) is 0 Å². The van der Waals surface area contributed by atoms with Gasteiger partial charge in [0, 0.05) is 25.1 Å². The van der Waals surface area contributed by atoms with Crippen molar-refractivity contribution < 1.29 is 14.3 Å². The van der Waals surface area contributed by atoms with Gasteiger partial charge in [0.15, 0.2) is 17.5 Å². The summed E-state index contributed by atoms with van der Waals surface area (Å²) in [6.45, 7) is 3.84. The first-order chi connectivity index (χ1) is 11.2. The van der Waals surface area contributed by atoms with Crippen LogP contribution in [0.15, 0.2) is 46.0 Å². The summed E-state index contributed by atoms with van der Waals surface area (Å²) in [5.41, 5.74) is 0.715. The number of nitrogens with one attached hydrogen (secondary N) is 2. The van der Waals surface area contributed by atoms with Crippen molar-refractivity contribution in [3.63, 3.8) is 0 Å². The Hall–Kier alpha value is -1.90. The molecule has 24 heavy (non-hydrogen) atoms. The van der Waals surface area contributed by atoms with Crippen LogP contribution in [-0.4, -0.2) is 31.3 Å². The number of nitrogens with zero attached hydrogens (tertiary/aromatic N) is 1. The van der Waals surface area contributed by atoms with Gasteiger partial charge in [-0.15, -0.1) is 24.0 Å². The lowest BCUT2D eigenvalue weighted by molar-refractivity contribution is 0.370. The molecule has 0 atom stereocenters. The number of phenols is 1. The molecule has 0 unspecified atom stereocenters. The molecular weight excluding hydrogens is 421 g/mol. The lowest BCUT2D eigenvalue weighted by Crippen LogP contribution is -2.38. The minimum atomic E-state index is 0. The van der Waals surface area contributed by atoms with Crippen molar-refractivity contribution in [3.05, 3.63) is 47.9 Å². The molecule has 2 rings (SSSR count). The van der Waals surface area contributed by atoms with E-state index in [1.54, 1.807) is 12.3 Å². The van der Waals surface area contributed by atoms with Crippen LogP contribution in [-0.2, 0) is 13.0 Å². The molecule has 6 nitrogen and oxygen atoms in total. The van der Waals surface area contributed by atoms with Crippen molar-refractivity contribution in [2.24, 2.45) is 4.99 Å². The van der Waals surface area contributed by atoms with Crippen LogP contribution in [0.2, 0.25) is 0 Å². The van der Waals surface area contributed by atoms with Gasteiger partial charge in [-0.25, -0.2) is 4.99 Å². The number of ether oxygens (including phenoxy) is 1. The molecule has 0 spiro atoms. The first kappa shape index (κ1) is 20.1. The maximum absolute atomic E-state index is 10.1. The fourth-order valence-electron chi connectivity index (χ4n) is 2.12. The number of guanidine groups is 1. The SMILES string of the molecule is CCNC(=NCc1cccc(OC)c1O)NCCc1ccco1.I. The van der Waals surface area contributed by atoms with Crippen molar-refractivity contribution in [1.82, 2.24) is 10.6 Å². The smallest absolute Gasteiger partial charge is 0.191 e. The Morgan fingerprint density at radius 1 is 1.25 bits per heavy atom. The Kier molecular flexibility index (Phi) is 9.06. The third-order valence-electron chi connectivity index (χ3n) is 3.30. The summed E-state index contributed by atoms with van der Waals surface area (Å²) in [6.07, 6.45) is 2.45. The Balaban J connectivity index is 0.00000288. The van der Waals surface area contributed by atoms with E-state index < -0.39 is 0 Å². The number of benzene rings is 1. The van der Waals surface area contributed by atoms with Crippen LogP contribution >= 0.6 is 24.0 Å². The molecule has 1 aromatic carbocycles. The Morgan fingerprint density at radius 2 is 2.08 bits per heavy atom. The van der Waals surface area contributed by atoms with Gasteiger partial charge >= 0.3 is 0 Å². The quantitative estimate of drug-likeness (QED) is 0.347. The van der Waals surface area contributed by atoms with Gasteiger partial charge in [-0.05, 0) is 25.1 Å². The molecule has 0 saturated carbocycles. The summed E-state index contributed by atoms with van der Waals surface area (Å²) in [7, 11) is 1.53. The van der Waals surface area contributed by atoms with Gasteiger partial charge in [-0.2, -0.15) is 0 Å².